The number of amides is 1. The Morgan fingerprint density at radius 1 is 1.27 bits per heavy atom. The average Bonchev–Trinajstić information content (AvgIpc) is 2.56. The molecule has 3 rings (SSSR count). The lowest BCUT2D eigenvalue weighted by molar-refractivity contribution is 0.0655. The molecule has 1 saturated heterocycles. The summed E-state index contributed by atoms with van der Waals surface area (Å²) in [6.45, 7) is 4.46. The molecule has 0 saturated carbocycles. The van der Waals surface area contributed by atoms with Crippen molar-refractivity contribution in [3.05, 3.63) is 54.4 Å². The van der Waals surface area contributed by atoms with Gasteiger partial charge in [0.05, 0.1) is 0 Å². The molecule has 0 spiro atoms. The fourth-order valence-corrected chi connectivity index (χ4v) is 2.54. The molecule has 1 aromatic carbocycles. The molecule has 0 bridgehead atoms. The molecule has 2 heterocycles. The number of nitrogens with zero attached hydrogens (tertiary/aromatic N) is 2. The quantitative estimate of drug-likeness (QED) is 0.944. The van der Waals surface area contributed by atoms with E-state index in [-0.39, 0.29) is 11.9 Å². The molecule has 1 aromatic heterocycles. The summed E-state index contributed by atoms with van der Waals surface area (Å²) in [6.07, 6.45) is 3.35. The number of piperazine rings is 1. The molecule has 1 amide bonds. The van der Waals surface area contributed by atoms with E-state index in [1.807, 2.05) is 23.1 Å². The SMILES string of the molecule is C[C@H]1CNCCN1C(=O)c1cccc(Oc2ccncc2)c1. The standard InChI is InChI=1S/C17H19N3O2/c1-13-12-19-9-10-20(13)17(21)14-3-2-4-16(11-14)22-15-5-7-18-8-6-15/h2-8,11,13,19H,9-10,12H2,1H3/t13-/m0/s1. The Balaban J connectivity index is 1.77. The summed E-state index contributed by atoms with van der Waals surface area (Å²) in [6, 6.07) is 11.1. The molecule has 1 aliphatic rings. The third-order valence-corrected chi connectivity index (χ3v) is 3.73. The zero-order valence-corrected chi connectivity index (χ0v) is 12.5. The summed E-state index contributed by atoms with van der Waals surface area (Å²) in [5, 5.41) is 3.29. The normalized spacial score (nSPS) is 18.0. The van der Waals surface area contributed by atoms with E-state index in [0.29, 0.717) is 17.1 Å². The van der Waals surface area contributed by atoms with Crippen molar-refractivity contribution in [1.82, 2.24) is 15.2 Å². The number of aromatic nitrogens is 1. The average molecular weight is 297 g/mol. The highest BCUT2D eigenvalue weighted by molar-refractivity contribution is 5.95. The minimum atomic E-state index is 0.0502. The molecule has 1 atom stereocenters. The van der Waals surface area contributed by atoms with E-state index in [9.17, 15) is 4.79 Å². The van der Waals surface area contributed by atoms with Crippen LogP contribution >= 0.6 is 0 Å². The van der Waals surface area contributed by atoms with Crippen LogP contribution in [0, 0.1) is 0 Å². The van der Waals surface area contributed by atoms with Crippen LogP contribution in [-0.2, 0) is 0 Å². The molecule has 0 radical (unpaired) electrons. The number of benzene rings is 1. The van der Waals surface area contributed by atoms with Crippen molar-refractivity contribution < 1.29 is 9.53 Å². The van der Waals surface area contributed by atoms with E-state index < -0.39 is 0 Å². The molecule has 114 valence electrons. The van der Waals surface area contributed by atoms with Gasteiger partial charge < -0.3 is 15.0 Å². The van der Waals surface area contributed by atoms with Gasteiger partial charge in [0, 0.05) is 43.6 Å². The molecular formula is C17H19N3O2. The topological polar surface area (TPSA) is 54.5 Å². The number of rotatable bonds is 3. The number of pyridine rings is 1. The van der Waals surface area contributed by atoms with Crippen LogP contribution in [0.15, 0.2) is 48.8 Å². The summed E-state index contributed by atoms with van der Waals surface area (Å²) in [5.74, 6) is 1.41. The number of hydrogen-bond acceptors (Lipinski definition) is 4. The smallest absolute Gasteiger partial charge is 0.254 e. The van der Waals surface area contributed by atoms with E-state index in [2.05, 4.69) is 17.2 Å². The van der Waals surface area contributed by atoms with Crippen LogP contribution < -0.4 is 10.1 Å². The first-order valence-corrected chi connectivity index (χ1v) is 7.43. The molecule has 5 heteroatoms. The summed E-state index contributed by atoms with van der Waals surface area (Å²) < 4.78 is 5.76. The zero-order chi connectivity index (χ0) is 15.4. The van der Waals surface area contributed by atoms with Gasteiger partial charge in [-0.15, -0.1) is 0 Å². The van der Waals surface area contributed by atoms with Gasteiger partial charge in [-0.2, -0.15) is 0 Å². The fraction of sp³-hybridized carbons (Fsp3) is 0.294. The number of carbonyl (C=O) groups excluding carboxylic acids is 1. The molecule has 22 heavy (non-hydrogen) atoms. The molecule has 1 aliphatic heterocycles. The van der Waals surface area contributed by atoms with Crippen molar-refractivity contribution in [3.8, 4) is 11.5 Å². The summed E-state index contributed by atoms with van der Waals surface area (Å²) in [4.78, 5) is 18.5. The molecule has 0 aliphatic carbocycles. The maximum atomic E-state index is 12.6. The van der Waals surface area contributed by atoms with Gasteiger partial charge in [0.2, 0.25) is 0 Å². The molecule has 0 unspecified atom stereocenters. The number of ether oxygens (including phenoxy) is 1. The van der Waals surface area contributed by atoms with E-state index >= 15 is 0 Å². The molecule has 2 aromatic rings. The fourth-order valence-electron chi connectivity index (χ4n) is 2.54. The maximum Gasteiger partial charge on any atom is 0.254 e. The van der Waals surface area contributed by atoms with Crippen molar-refractivity contribution in [2.75, 3.05) is 19.6 Å². The van der Waals surface area contributed by atoms with E-state index in [1.165, 1.54) is 0 Å². The Bertz CT molecular complexity index is 645. The van der Waals surface area contributed by atoms with Crippen LogP contribution in [0.25, 0.3) is 0 Å². The number of carbonyl (C=O) groups is 1. The van der Waals surface area contributed by atoms with Crippen LogP contribution in [-0.4, -0.2) is 41.5 Å². The van der Waals surface area contributed by atoms with Crippen LogP contribution in [0.1, 0.15) is 17.3 Å². The van der Waals surface area contributed by atoms with Crippen molar-refractivity contribution in [2.24, 2.45) is 0 Å². The van der Waals surface area contributed by atoms with Crippen molar-refractivity contribution in [1.29, 1.82) is 0 Å². The Morgan fingerprint density at radius 2 is 2.09 bits per heavy atom. The predicted molar refractivity (Wildman–Crippen MR) is 84.1 cm³/mol. The Labute approximate surface area is 129 Å². The second-order valence-electron chi connectivity index (χ2n) is 5.36. The highest BCUT2D eigenvalue weighted by Gasteiger charge is 2.24. The Morgan fingerprint density at radius 3 is 2.86 bits per heavy atom. The Kier molecular flexibility index (Phi) is 4.34. The first kappa shape index (κ1) is 14.5. The first-order chi connectivity index (χ1) is 10.7. The van der Waals surface area contributed by atoms with Crippen LogP contribution in [0.2, 0.25) is 0 Å². The van der Waals surface area contributed by atoms with Gasteiger partial charge in [-0.05, 0) is 37.3 Å². The first-order valence-electron chi connectivity index (χ1n) is 7.43. The van der Waals surface area contributed by atoms with Gasteiger partial charge in [0.25, 0.3) is 5.91 Å². The van der Waals surface area contributed by atoms with Crippen LogP contribution in [0.4, 0.5) is 0 Å². The maximum absolute atomic E-state index is 12.6. The van der Waals surface area contributed by atoms with Gasteiger partial charge in [0.1, 0.15) is 11.5 Å². The second-order valence-corrected chi connectivity index (χ2v) is 5.36. The lowest BCUT2D eigenvalue weighted by Crippen LogP contribution is -2.52. The van der Waals surface area contributed by atoms with Crippen molar-refractivity contribution in [2.45, 2.75) is 13.0 Å². The lowest BCUT2D eigenvalue weighted by atomic mass is 10.1. The molecule has 1 fully saturated rings. The van der Waals surface area contributed by atoms with Gasteiger partial charge >= 0.3 is 0 Å². The third kappa shape index (κ3) is 3.26. The van der Waals surface area contributed by atoms with Crippen LogP contribution in [0.5, 0.6) is 11.5 Å². The Hall–Kier alpha value is -2.40. The van der Waals surface area contributed by atoms with Gasteiger partial charge in [-0.1, -0.05) is 6.07 Å². The molecule has 1 N–H and O–H groups in total. The highest BCUT2D eigenvalue weighted by atomic mass is 16.5. The van der Waals surface area contributed by atoms with Crippen LogP contribution in [0.3, 0.4) is 0 Å². The van der Waals surface area contributed by atoms with Gasteiger partial charge in [0.15, 0.2) is 0 Å². The summed E-state index contributed by atoms with van der Waals surface area (Å²) in [7, 11) is 0. The largest absolute Gasteiger partial charge is 0.457 e. The predicted octanol–water partition coefficient (Wildman–Crippen LogP) is 2.31. The number of hydrogen-bond donors (Lipinski definition) is 1. The van der Waals surface area contributed by atoms with E-state index in [4.69, 9.17) is 4.74 Å². The monoisotopic (exact) mass is 297 g/mol. The third-order valence-electron chi connectivity index (χ3n) is 3.73. The summed E-state index contributed by atoms with van der Waals surface area (Å²) >= 11 is 0. The van der Waals surface area contributed by atoms with Crippen molar-refractivity contribution in [3.63, 3.8) is 0 Å². The minimum Gasteiger partial charge on any atom is -0.457 e. The van der Waals surface area contributed by atoms with Gasteiger partial charge in [-0.25, -0.2) is 0 Å². The van der Waals surface area contributed by atoms with Crippen molar-refractivity contribution >= 4 is 5.91 Å². The minimum absolute atomic E-state index is 0.0502. The van der Waals surface area contributed by atoms with E-state index in [0.717, 1.165) is 19.6 Å². The lowest BCUT2D eigenvalue weighted by Gasteiger charge is -2.34. The highest BCUT2D eigenvalue weighted by Crippen LogP contribution is 2.22. The summed E-state index contributed by atoms with van der Waals surface area (Å²) in [5.41, 5.74) is 0.653. The zero-order valence-electron chi connectivity index (χ0n) is 12.5. The van der Waals surface area contributed by atoms with Gasteiger partial charge in [-0.3, -0.25) is 9.78 Å². The second kappa shape index (κ2) is 6.58. The number of nitrogens with one attached hydrogen (secondary N) is 1. The van der Waals surface area contributed by atoms with E-state index in [1.54, 1.807) is 30.6 Å². The molecule has 5 nitrogen and oxygen atoms in total. The molecular weight excluding hydrogens is 278 g/mol.